The summed E-state index contributed by atoms with van der Waals surface area (Å²) in [6.45, 7) is 2.48. The number of halogens is 3. The Morgan fingerprint density at radius 3 is 2.71 bits per heavy atom. The molecule has 1 aromatic rings. The molecule has 1 fully saturated rings. The summed E-state index contributed by atoms with van der Waals surface area (Å²) in [5.41, 5.74) is 0. The van der Waals surface area contributed by atoms with Gasteiger partial charge < -0.3 is 15.0 Å². The third-order valence-corrected chi connectivity index (χ3v) is 3.57. The van der Waals surface area contributed by atoms with Crippen molar-refractivity contribution in [1.82, 2.24) is 10.2 Å². The van der Waals surface area contributed by atoms with Crippen molar-refractivity contribution >= 4 is 0 Å². The van der Waals surface area contributed by atoms with Crippen molar-refractivity contribution < 1.29 is 17.9 Å². The van der Waals surface area contributed by atoms with Crippen LogP contribution in [0, 0.1) is 5.92 Å². The minimum Gasteiger partial charge on any atom is -0.494 e. The molecule has 0 radical (unpaired) electrons. The highest BCUT2D eigenvalue weighted by Gasteiger charge is 2.40. The minimum absolute atomic E-state index is 0.0144. The van der Waals surface area contributed by atoms with E-state index in [1.807, 2.05) is 35.2 Å². The largest absolute Gasteiger partial charge is 0.494 e. The van der Waals surface area contributed by atoms with E-state index in [0.717, 1.165) is 12.2 Å². The third-order valence-electron chi connectivity index (χ3n) is 3.57. The van der Waals surface area contributed by atoms with Crippen LogP contribution in [0.2, 0.25) is 0 Å². The topological polar surface area (TPSA) is 24.5 Å². The second-order valence-electron chi connectivity index (χ2n) is 5.26. The van der Waals surface area contributed by atoms with Gasteiger partial charge in [-0.2, -0.15) is 13.2 Å². The molecule has 1 unspecified atom stereocenters. The smallest absolute Gasteiger partial charge is 0.394 e. The first kappa shape index (κ1) is 16.1. The van der Waals surface area contributed by atoms with Crippen LogP contribution in [0.5, 0.6) is 5.75 Å². The molecule has 0 aromatic heterocycles. The molecule has 6 heteroatoms. The molecule has 1 saturated heterocycles. The Kier molecular flexibility index (Phi) is 5.87. The molecule has 0 spiro atoms. The van der Waals surface area contributed by atoms with Crippen LogP contribution < -0.4 is 10.1 Å². The Hall–Kier alpha value is -1.27. The Labute approximate surface area is 123 Å². The maximum atomic E-state index is 12.8. The molecule has 118 valence electrons. The molecule has 2 rings (SSSR count). The van der Waals surface area contributed by atoms with Gasteiger partial charge in [0, 0.05) is 32.7 Å². The van der Waals surface area contributed by atoms with E-state index in [0.29, 0.717) is 26.2 Å². The first-order valence-electron chi connectivity index (χ1n) is 7.23. The van der Waals surface area contributed by atoms with Gasteiger partial charge in [0.25, 0.3) is 0 Å². The van der Waals surface area contributed by atoms with Gasteiger partial charge in [0.2, 0.25) is 0 Å². The van der Waals surface area contributed by atoms with Crippen molar-refractivity contribution in [2.75, 3.05) is 39.3 Å². The molecule has 21 heavy (non-hydrogen) atoms. The molecule has 3 nitrogen and oxygen atoms in total. The summed E-state index contributed by atoms with van der Waals surface area (Å²) in [6.07, 6.45) is -3.41. The number of alkyl halides is 3. The zero-order valence-electron chi connectivity index (χ0n) is 11.9. The quantitative estimate of drug-likeness (QED) is 0.846. The van der Waals surface area contributed by atoms with E-state index >= 15 is 0 Å². The lowest BCUT2D eigenvalue weighted by Gasteiger charge is -2.25. The van der Waals surface area contributed by atoms with Gasteiger partial charge in [-0.15, -0.1) is 0 Å². The van der Waals surface area contributed by atoms with E-state index in [1.165, 1.54) is 0 Å². The van der Waals surface area contributed by atoms with E-state index in [-0.39, 0.29) is 13.1 Å². The van der Waals surface area contributed by atoms with Crippen molar-refractivity contribution in [3.05, 3.63) is 30.3 Å². The molecule has 0 amide bonds. The normalized spacial score (nSPS) is 21.0. The van der Waals surface area contributed by atoms with Crippen LogP contribution in [0.3, 0.4) is 0 Å². The highest BCUT2D eigenvalue weighted by Crippen LogP contribution is 2.27. The van der Waals surface area contributed by atoms with E-state index in [4.69, 9.17) is 4.74 Å². The maximum Gasteiger partial charge on any atom is 0.394 e. The van der Waals surface area contributed by atoms with Crippen LogP contribution in [0.4, 0.5) is 13.2 Å². The summed E-state index contributed by atoms with van der Waals surface area (Å²) in [5.74, 6) is -0.488. The van der Waals surface area contributed by atoms with Crippen molar-refractivity contribution in [3.8, 4) is 5.75 Å². The van der Waals surface area contributed by atoms with Crippen molar-refractivity contribution in [3.63, 3.8) is 0 Å². The van der Waals surface area contributed by atoms with E-state index in [1.54, 1.807) is 0 Å². The first-order valence-corrected chi connectivity index (χ1v) is 7.23. The second-order valence-corrected chi connectivity index (χ2v) is 5.26. The summed E-state index contributed by atoms with van der Waals surface area (Å²) >= 11 is 0. The summed E-state index contributed by atoms with van der Waals surface area (Å²) in [6, 6.07) is 9.44. The highest BCUT2D eigenvalue weighted by atomic mass is 19.4. The molecule has 0 bridgehead atoms. The third kappa shape index (κ3) is 5.55. The highest BCUT2D eigenvalue weighted by molar-refractivity contribution is 5.20. The number of rotatable bonds is 5. The number of hydrogen-bond donors (Lipinski definition) is 1. The lowest BCUT2D eigenvalue weighted by Crippen LogP contribution is -2.38. The van der Waals surface area contributed by atoms with Gasteiger partial charge in [-0.05, 0) is 18.6 Å². The average Bonchev–Trinajstić information content (AvgIpc) is 2.70. The number of ether oxygens (including phenoxy) is 1. The zero-order chi connectivity index (χ0) is 15.1. The fourth-order valence-electron chi connectivity index (χ4n) is 2.40. The van der Waals surface area contributed by atoms with Crippen LogP contribution in [0.25, 0.3) is 0 Å². The SMILES string of the molecule is FC(F)(F)C1CNCCN(CCCOc2ccccc2)C1. The van der Waals surface area contributed by atoms with E-state index < -0.39 is 12.1 Å². The molecule has 0 aliphatic carbocycles. The van der Waals surface area contributed by atoms with Gasteiger partial charge in [0.05, 0.1) is 12.5 Å². The molecular weight excluding hydrogens is 281 g/mol. The molecule has 1 heterocycles. The standard InChI is InChI=1S/C15H21F3N2O/c16-15(17,18)13-11-19-7-9-20(12-13)8-4-10-21-14-5-2-1-3-6-14/h1-3,5-6,13,19H,4,7-12H2. The predicted octanol–water partition coefficient (Wildman–Crippen LogP) is 2.54. The monoisotopic (exact) mass is 302 g/mol. The number of hydrogen-bond acceptors (Lipinski definition) is 3. The van der Waals surface area contributed by atoms with Crippen LogP contribution in [0.15, 0.2) is 30.3 Å². The van der Waals surface area contributed by atoms with Crippen molar-refractivity contribution in [1.29, 1.82) is 0 Å². The number of nitrogens with zero attached hydrogens (tertiary/aromatic N) is 1. The van der Waals surface area contributed by atoms with Crippen LogP contribution in [0.1, 0.15) is 6.42 Å². The summed E-state index contributed by atoms with van der Waals surface area (Å²) in [5, 5.41) is 2.86. The fraction of sp³-hybridized carbons (Fsp3) is 0.600. The Balaban J connectivity index is 1.72. The lowest BCUT2D eigenvalue weighted by atomic mass is 10.1. The number of nitrogens with one attached hydrogen (secondary N) is 1. The van der Waals surface area contributed by atoms with Gasteiger partial charge >= 0.3 is 6.18 Å². The second kappa shape index (κ2) is 7.66. The zero-order valence-corrected chi connectivity index (χ0v) is 11.9. The maximum absolute atomic E-state index is 12.8. The Morgan fingerprint density at radius 1 is 1.24 bits per heavy atom. The lowest BCUT2D eigenvalue weighted by molar-refractivity contribution is -0.175. The molecule has 1 aliphatic heterocycles. The summed E-state index contributed by atoms with van der Waals surface area (Å²) < 4.78 is 44.0. The van der Waals surface area contributed by atoms with Crippen LogP contribution in [-0.4, -0.2) is 50.4 Å². The number of benzene rings is 1. The number of para-hydroxylation sites is 1. The molecule has 0 saturated carbocycles. The molecule has 1 atom stereocenters. The van der Waals surface area contributed by atoms with E-state index in [2.05, 4.69) is 5.32 Å². The van der Waals surface area contributed by atoms with E-state index in [9.17, 15) is 13.2 Å². The van der Waals surface area contributed by atoms with Crippen molar-refractivity contribution in [2.45, 2.75) is 12.6 Å². The average molecular weight is 302 g/mol. The van der Waals surface area contributed by atoms with Crippen molar-refractivity contribution in [2.24, 2.45) is 5.92 Å². The molecule has 1 aliphatic rings. The van der Waals surface area contributed by atoms with Gasteiger partial charge in [-0.1, -0.05) is 18.2 Å². The van der Waals surface area contributed by atoms with Crippen LogP contribution >= 0.6 is 0 Å². The molecule has 1 aromatic carbocycles. The molecule has 1 N–H and O–H groups in total. The van der Waals surface area contributed by atoms with Gasteiger partial charge in [0.15, 0.2) is 0 Å². The molecular formula is C15H21F3N2O. The van der Waals surface area contributed by atoms with Gasteiger partial charge in [-0.25, -0.2) is 0 Å². The van der Waals surface area contributed by atoms with Gasteiger partial charge in [-0.3, -0.25) is 0 Å². The summed E-state index contributed by atoms with van der Waals surface area (Å²) in [4.78, 5) is 1.87. The van der Waals surface area contributed by atoms with Crippen LogP contribution in [-0.2, 0) is 0 Å². The Morgan fingerprint density at radius 2 is 2.00 bits per heavy atom. The fourth-order valence-corrected chi connectivity index (χ4v) is 2.40. The van der Waals surface area contributed by atoms with Gasteiger partial charge in [0.1, 0.15) is 5.75 Å². The first-order chi connectivity index (χ1) is 10.1. The predicted molar refractivity (Wildman–Crippen MR) is 75.4 cm³/mol. The summed E-state index contributed by atoms with van der Waals surface area (Å²) in [7, 11) is 0. The minimum atomic E-state index is -4.13. The Bertz CT molecular complexity index is 411.